The van der Waals surface area contributed by atoms with Gasteiger partial charge >= 0.3 is 0 Å². The highest BCUT2D eigenvalue weighted by atomic mass is 35.5. The molecule has 0 aliphatic heterocycles. The zero-order valence-corrected chi connectivity index (χ0v) is 9.50. The van der Waals surface area contributed by atoms with E-state index >= 15 is 0 Å². The number of benzene rings is 1. The van der Waals surface area contributed by atoms with Crippen molar-refractivity contribution >= 4 is 23.4 Å². The van der Waals surface area contributed by atoms with Crippen LogP contribution in [0.3, 0.4) is 0 Å². The molecule has 2 rings (SSSR count). The van der Waals surface area contributed by atoms with E-state index < -0.39 is 0 Å². The number of halogens is 1. The first-order valence-electron chi connectivity index (χ1n) is 4.50. The number of rotatable bonds is 3. The monoisotopic (exact) mass is 236 g/mol. The molecule has 0 saturated carbocycles. The van der Waals surface area contributed by atoms with E-state index in [-0.39, 0.29) is 0 Å². The second-order valence-electron chi connectivity index (χ2n) is 2.97. The fraction of sp³-hybridized carbons (Fsp3) is 0.0909. The van der Waals surface area contributed by atoms with Crippen LogP contribution in [0.25, 0.3) is 0 Å². The van der Waals surface area contributed by atoms with Crippen molar-refractivity contribution in [3.63, 3.8) is 0 Å². The van der Waals surface area contributed by atoms with Crippen molar-refractivity contribution in [2.24, 2.45) is 0 Å². The van der Waals surface area contributed by atoms with Gasteiger partial charge in [-0.1, -0.05) is 53.7 Å². The quantitative estimate of drug-likeness (QED) is 0.764. The van der Waals surface area contributed by atoms with Gasteiger partial charge in [0.15, 0.2) is 5.15 Å². The first kappa shape index (κ1) is 10.5. The minimum atomic E-state index is 0.430. The van der Waals surface area contributed by atoms with Crippen molar-refractivity contribution < 1.29 is 0 Å². The van der Waals surface area contributed by atoms with Gasteiger partial charge in [0, 0.05) is 5.75 Å². The van der Waals surface area contributed by atoms with Gasteiger partial charge in [-0.05, 0) is 17.7 Å². The summed E-state index contributed by atoms with van der Waals surface area (Å²) in [4.78, 5) is 0. The molecule has 0 amide bonds. The second kappa shape index (κ2) is 5.14. The summed E-state index contributed by atoms with van der Waals surface area (Å²) in [6.07, 6.45) is 0. The highest BCUT2D eigenvalue weighted by Gasteiger charge is 1.97. The lowest BCUT2D eigenvalue weighted by molar-refractivity contribution is 0.929. The molecule has 15 heavy (non-hydrogen) atoms. The van der Waals surface area contributed by atoms with Crippen LogP contribution in [0.15, 0.2) is 47.5 Å². The molecule has 2 nitrogen and oxygen atoms in total. The van der Waals surface area contributed by atoms with Crippen LogP contribution in [0.5, 0.6) is 0 Å². The summed E-state index contributed by atoms with van der Waals surface area (Å²) in [5.41, 5.74) is 1.28. The Bertz CT molecular complexity index is 416. The average molecular weight is 237 g/mol. The van der Waals surface area contributed by atoms with Crippen LogP contribution in [0.1, 0.15) is 5.56 Å². The van der Waals surface area contributed by atoms with E-state index in [1.54, 1.807) is 17.8 Å². The first-order chi connectivity index (χ1) is 7.34. The summed E-state index contributed by atoms with van der Waals surface area (Å²) < 4.78 is 0. The van der Waals surface area contributed by atoms with Gasteiger partial charge in [0.2, 0.25) is 0 Å². The van der Waals surface area contributed by atoms with Crippen molar-refractivity contribution in [2.45, 2.75) is 10.8 Å². The van der Waals surface area contributed by atoms with Crippen LogP contribution in [0.2, 0.25) is 5.15 Å². The van der Waals surface area contributed by atoms with Crippen molar-refractivity contribution in [2.75, 3.05) is 0 Å². The first-order valence-corrected chi connectivity index (χ1v) is 5.87. The van der Waals surface area contributed by atoms with Gasteiger partial charge in [-0.15, -0.1) is 10.2 Å². The molecule has 0 aliphatic rings. The second-order valence-corrected chi connectivity index (χ2v) is 4.35. The van der Waals surface area contributed by atoms with Gasteiger partial charge in [0.05, 0.1) is 0 Å². The number of nitrogens with zero attached hydrogens (tertiary/aromatic N) is 2. The van der Waals surface area contributed by atoms with Gasteiger partial charge < -0.3 is 0 Å². The molecule has 1 heterocycles. The van der Waals surface area contributed by atoms with Gasteiger partial charge in [0.25, 0.3) is 0 Å². The molecule has 76 valence electrons. The number of aromatic nitrogens is 2. The molecule has 2 aromatic rings. The molecule has 0 aliphatic carbocycles. The van der Waals surface area contributed by atoms with Gasteiger partial charge in [0.1, 0.15) is 5.03 Å². The Kier molecular flexibility index (Phi) is 3.59. The van der Waals surface area contributed by atoms with E-state index in [9.17, 15) is 0 Å². The highest BCUT2D eigenvalue weighted by molar-refractivity contribution is 7.98. The Labute approximate surface area is 97.7 Å². The minimum Gasteiger partial charge on any atom is -0.143 e. The molecule has 4 heteroatoms. The normalized spacial score (nSPS) is 10.2. The molecule has 0 atom stereocenters. The van der Waals surface area contributed by atoms with Crippen molar-refractivity contribution in [3.8, 4) is 0 Å². The fourth-order valence-electron chi connectivity index (χ4n) is 1.11. The molecule has 1 aromatic carbocycles. The largest absolute Gasteiger partial charge is 0.151 e. The lowest BCUT2D eigenvalue weighted by Gasteiger charge is -1.99. The van der Waals surface area contributed by atoms with Crippen LogP contribution >= 0.6 is 23.4 Å². The van der Waals surface area contributed by atoms with Crippen LogP contribution in [-0.2, 0) is 5.75 Å². The summed E-state index contributed by atoms with van der Waals surface area (Å²) in [6, 6.07) is 13.9. The maximum atomic E-state index is 5.65. The van der Waals surface area contributed by atoms with Gasteiger partial charge in [-0.25, -0.2) is 0 Å². The number of thioether (sulfide) groups is 1. The summed E-state index contributed by atoms with van der Waals surface area (Å²) in [5, 5.41) is 9.08. The Hall–Kier alpha value is -1.06. The van der Waals surface area contributed by atoms with Crippen molar-refractivity contribution in [1.29, 1.82) is 0 Å². The third-order valence-corrected chi connectivity index (χ3v) is 3.03. The third kappa shape index (κ3) is 3.22. The number of hydrogen-bond donors (Lipinski definition) is 0. The average Bonchev–Trinajstić information content (AvgIpc) is 2.30. The molecule has 1 aromatic heterocycles. The maximum Gasteiger partial charge on any atom is 0.151 e. The molecule has 0 fully saturated rings. The maximum absolute atomic E-state index is 5.65. The van der Waals surface area contributed by atoms with E-state index in [4.69, 9.17) is 11.6 Å². The zero-order chi connectivity index (χ0) is 10.5. The van der Waals surface area contributed by atoms with Crippen LogP contribution < -0.4 is 0 Å². The van der Waals surface area contributed by atoms with Crippen LogP contribution in [-0.4, -0.2) is 10.2 Å². The molecule has 0 radical (unpaired) electrons. The lowest BCUT2D eigenvalue weighted by Crippen LogP contribution is -1.86. The summed E-state index contributed by atoms with van der Waals surface area (Å²) in [7, 11) is 0. The summed E-state index contributed by atoms with van der Waals surface area (Å²) in [6.45, 7) is 0. The summed E-state index contributed by atoms with van der Waals surface area (Å²) >= 11 is 7.30. The molecule has 0 bridgehead atoms. The molecule has 0 spiro atoms. The van der Waals surface area contributed by atoms with Crippen molar-refractivity contribution in [3.05, 3.63) is 53.2 Å². The molecular formula is C11H9ClN2S. The van der Waals surface area contributed by atoms with E-state index in [1.165, 1.54) is 5.56 Å². The summed E-state index contributed by atoms with van der Waals surface area (Å²) in [5.74, 6) is 0.900. The SMILES string of the molecule is Clc1ccc(SCc2ccccc2)nn1. The minimum absolute atomic E-state index is 0.430. The Balaban J connectivity index is 1.96. The Morgan fingerprint density at radius 2 is 1.80 bits per heavy atom. The standard InChI is InChI=1S/C11H9ClN2S/c12-10-6-7-11(14-13-10)15-8-9-4-2-1-3-5-9/h1-7H,8H2. The smallest absolute Gasteiger partial charge is 0.143 e. The van der Waals surface area contributed by atoms with Gasteiger partial charge in [-0.2, -0.15) is 0 Å². The number of hydrogen-bond acceptors (Lipinski definition) is 3. The van der Waals surface area contributed by atoms with Crippen molar-refractivity contribution in [1.82, 2.24) is 10.2 Å². The Morgan fingerprint density at radius 3 is 2.47 bits per heavy atom. The predicted molar refractivity (Wildman–Crippen MR) is 63.0 cm³/mol. The van der Waals surface area contributed by atoms with E-state index in [0.717, 1.165) is 10.8 Å². The van der Waals surface area contributed by atoms with E-state index in [0.29, 0.717) is 5.15 Å². The molecule has 0 saturated heterocycles. The zero-order valence-electron chi connectivity index (χ0n) is 7.93. The lowest BCUT2D eigenvalue weighted by atomic mass is 10.2. The van der Waals surface area contributed by atoms with E-state index in [2.05, 4.69) is 22.3 Å². The third-order valence-electron chi connectivity index (χ3n) is 1.84. The van der Waals surface area contributed by atoms with Gasteiger partial charge in [-0.3, -0.25) is 0 Å². The predicted octanol–water partition coefficient (Wildman–Crippen LogP) is 3.42. The topological polar surface area (TPSA) is 25.8 Å². The molecular weight excluding hydrogens is 228 g/mol. The fourth-order valence-corrected chi connectivity index (χ4v) is 1.98. The molecule has 0 unspecified atom stereocenters. The van der Waals surface area contributed by atoms with Crippen LogP contribution in [0, 0.1) is 0 Å². The highest BCUT2D eigenvalue weighted by Crippen LogP contribution is 2.20. The van der Waals surface area contributed by atoms with E-state index in [1.807, 2.05) is 24.3 Å². The molecule has 0 N–H and O–H groups in total. The Morgan fingerprint density at radius 1 is 1.00 bits per heavy atom. The van der Waals surface area contributed by atoms with Crippen LogP contribution in [0.4, 0.5) is 0 Å².